The van der Waals surface area contributed by atoms with Crippen molar-refractivity contribution in [2.24, 2.45) is 5.92 Å². The summed E-state index contributed by atoms with van der Waals surface area (Å²) in [6, 6.07) is 3.56. The number of rotatable bonds is 5. The van der Waals surface area contributed by atoms with Crippen LogP contribution in [0.2, 0.25) is 0 Å². The Kier molecular flexibility index (Phi) is 5.21. The quantitative estimate of drug-likeness (QED) is 0.866. The van der Waals surface area contributed by atoms with E-state index in [9.17, 15) is 9.59 Å². The van der Waals surface area contributed by atoms with Crippen LogP contribution >= 0.6 is 0 Å². The average molecular weight is 278 g/mol. The SMILES string of the molecule is CC1CCC(NC(=O)CCNC(=O)c2ccco2)CC1. The van der Waals surface area contributed by atoms with E-state index in [0.29, 0.717) is 19.0 Å². The van der Waals surface area contributed by atoms with Gasteiger partial charge in [0.15, 0.2) is 5.76 Å². The molecule has 1 saturated carbocycles. The van der Waals surface area contributed by atoms with Gasteiger partial charge in [-0.2, -0.15) is 0 Å². The van der Waals surface area contributed by atoms with Gasteiger partial charge in [-0.3, -0.25) is 9.59 Å². The molecule has 1 aliphatic rings. The van der Waals surface area contributed by atoms with Crippen molar-refractivity contribution in [1.82, 2.24) is 10.6 Å². The van der Waals surface area contributed by atoms with Gasteiger partial charge in [-0.15, -0.1) is 0 Å². The van der Waals surface area contributed by atoms with Crippen LogP contribution in [0, 0.1) is 5.92 Å². The number of hydrogen-bond acceptors (Lipinski definition) is 3. The lowest BCUT2D eigenvalue weighted by Gasteiger charge is -2.26. The Hall–Kier alpha value is -1.78. The summed E-state index contributed by atoms with van der Waals surface area (Å²) in [6.45, 7) is 2.58. The molecular weight excluding hydrogens is 256 g/mol. The van der Waals surface area contributed by atoms with Gasteiger partial charge in [-0.1, -0.05) is 6.92 Å². The molecule has 0 aliphatic heterocycles. The molecule has 1 fully saturated rings. The first-order valence-corrected chi connectivity index (χ1v) is 7.26. The van der Waals surface area contributed by atoms with Crippen molar-refractivity contribution < 1.29 is 14.0 Å². The lowest BCUT2D eigenvalue weighted by atomic mass is 9.87. The number of amides is 2. The molecule has 2 rings (SSSR count). The maximum absolute atomic E-state index is 11.8. The lowest BCUT2D eigenvalue weighted by Crippen LogP contribution is -2.39. The third-order valence-electron chi connectivity index (χ3n) is 3.76. The third kappa shape index (κ3) is 4.40. The Morgan fingerprint density at radius 2 is 2.05 bits per heavy atom. The lowest BCUT2D eigenvalue weighted by molar-refractivity contribution is -0.121. The highest BCUT2D eigenvalue weighted by atomic mass is 16.3. The maximum Gasteiger partial charge on any atom is 0.286 e. The molecule has 1 aromatic heterocycles. The summed E-state index contributed by atoms with van der Waals surface area (Å²) in [7, 11) is 0. The fourth-order valence-electron chi connectivity index (χ4n) is 2.49. The van der Waals surface area contributed by atoms with Crippen molar-refractivity contribution >= 4 is 11.8 Å². The molecule has 0 saturated heterocycles. The topological polar surface area (TPSA) is 71.3 Å². The molecular formula is C15H22N2O3. The molecule has 1 heterocycles. The third-order valence-corrected chi connectivity index (χ3v) is 3.76. The van der Waals surface area contributed by atoms with E-state index in [0.717, 1.165) is 18.8 Å². The van der Waals surface area contributed by atoms with Gasteiger partial charge in [0.2, 0.25) is 5.91 Å². The predicted octanol–water partition coefficient (Wildman–Crippen LogP) is 2.09. The zero-order valence-corrected chi connectivity index (χ0v) is 11.9. The molecule has 0 atom stereocenters. The number of carbonyl (C=O) groups is 2. The van der Waals surface area contributed by atoms with Crippen LogP contribution in [0.5, 0.6) is 0 Å². The van der Waals surface area contributed by atoms with Crippen molar-refractivity contribution in [3.63, 3.8) is 0 Å². The summed E-state index contributed by atoms with van der Waals surface area (Å²) in [6.07, 6.45) is 6.24. The van der Waals surface area contributed by atoms with E-state index in [1.54, 1.807) is 12.1 Å². The first kappa shape index (κ1) is 14.6. The fourth-order valence-corrected chi connectivity index (χ4v) is 2.49. The van der Waals surface area contributed by atoms with Gasteiger partial charge >= 0.3 is 0 Å². The van der Waals surface area contributed by atoms with Crippen molar-refractivity contribution in [2.45, 2.75) is 45.1 Å². The van der Waals surface area contributed by atoms with Gasteiger partial charge in [0.05, 0.1) is 6.26 Å². The molecule has 110 valence electrons. The average Bonchev–Trinajstić information content (AvgIpc) is 2.95. The minimum atomic E-state index is -0.283. The minimum Gasteiger partial charge on any atom is -0.459 e. The van der Waals surface area contributed by atoms with Crippen LogP contribution in [0.4, 0.5) is 0 Å². The molecule has 1 aliphatic carbocycles. The standard InChI is InChI=1S/C15H22N2O3/c1-11-4-6-12(7-5-11)17-14(18)8-9-16-15(19)13-3-2-10-20-13/h2-3,10-12H,4-9H2,1H3,(H,16,19)(H,17,18). The molecule has 5 heteroatoms. The van der Waals surface area contributed by atoms with E-state index < -0.39 is 0 Å². The van der Waals surface area contributed by atoms with Crippen LogP contribution in [0.25, 0.3) is 0 Å². The van der Waals surface area contributed by atoms with Gasteiger partial charge in [-0.25, -0.2) is 0 Å². The molecule has 2 amide bonds. The monoisotopic (exact) mass is 278 g/mol. The Morgan fingerprint density at radius 3 is 2.70 bits per heavy atom. The fraction of sp³-hybridized carbons (Fsp3) is 0.600. The Balaban J connectivity index is 1.62. The van der Waals surface area contributed by atoms with Crippen LogP contribution in [-0.4, -0.2) is 24.4 Å². The van der Waals surface area contributed by atoms with Crippen molar-refractivity contribution in [2.75, 3.05) is 6.54 Å². The molecule has 0 aromatic carbocycles. The summed E-state index contributed by atoms with van der Waals surface area (Å²) in [5.41, 5.74) is 0. The largest absolute Gasteiger partial charge is 0.459 e. The van der Waals surface area contributed by atoms with Crippen molar-refractivity contribution in [1.29, 1.82) is 0 Å². The van der Waals surface area contributed by atoms with Crippen molar-refractivity contribution in [3.05, 3.63) is 24.2 Å². The predicted molar refractivity (Wildman–Crippen MR) is 75.2 cm³/mol. The van der Waals surface area contributed by atoms with E-state index in [4.69, 9.17) is 4.42 Å². The van der Waals surface area contributed by atoms with Crippen molar-refractivity contribution in [3.8, 4) is 0 Å². The van der Waals surface area contributed by atoms with Gasteiger partial charge in [0.1, 0.15) is 0 Å². The summed E-state index contributed by atoms with van der Waals surface area (Å²) in [5.74, 6) is 0.765. The number of nitrogens with one attached hydrogen (secondary N) is 2. The van der Waals surface area contributed by atoms with E-state index in [-0.39, 0.29) is 17.6 Å². The van der Waals surface area contributed by atoms with Gasteiger partial charge in [-0.05, 0) is 43.7 Å². The van der Waals surface area contributed by atoms with E-state index >= 15 is 0 Å². The first-order valence-electron chi connectivity index (χ1n) is 7.26. The number of hydrogen-bond donors (Lipinski definition) is 2. The van der Waals surface area contributed by atoms with Gasteiger partial charge < -0.3 is 15.1 Å². The second kappa shape index (κ2) is 7.12. The zero-order chi connectivity index (χ0) is 14.4. The summed E-state index contributed by atoms with van der Waals surface area (Å²) < 4.78 is 4.97. The summed E-state index contributed by atoms with van der Waals surface area (Å²) in [4.78, 5) is 23.4. The molecule has 0 spiro atoms. The van der Waals surface area contributed by atoms with Crippen LogP contribution in [-0.2, 0) is 4.79 Å². The summed E-state index contributed by atoms with van der Waals surface area (Å²) in [5, 5.41) is 5.70. The van der Waals surface area contributed by atoms with Gasteiger partial charge in [0.25, 0.3) is 5.91 Å². The Bertz CT molecular complexity index is 434. The number of carbonyl (C=O) groups excluding carboxylic acids is 2. The first-order chi connectivity index (χ1) is 9.65. The van der Waals surface area contributed by atoms with E-state index in [1.165, 1.54) is 19.1 Å². The van der Waals surface area contributed by atoms with E-state index in [2.05, 4.69) is 17.6 Å². The second-order valence-electron chi connectivity index (χ2n) is 5.51. The van der Waals surface area contributed by atoms with Crippen LogP contribution in [0.15, 0.2) is 22.8 Å². The Morgan fingerprint density at radius 1 is 1.30 bits per heavy atom. The molecule has 0 unspecified atom stereocenters. The molecule has 2 N–H and O–H groups in total. The molecule has 5 nitrogen and oxygen atoms in total. The zero-order valence-electron chi connectivity index (χ0n) is 11.9. The molecule has 0 bridgehead atoms. The van der Waals surface area contributed by atoms with Crippen LogP contribution in [0.1, 0.15) is 49.6 Å². The number of furan rings is 1. The van der Waals surface area contributed by atoms with E-state index in [1.807, 2.05) is 0 Å². The highest BCUT2D eigenvalue weighted by molar-refractivity contribution is 5.91. The molecule has 1 aromatic rings. The Labute approximate surface area is 119 Å². The molecule has 0 radical (unpaired) electrons. The summed E-state index contributed by atoms with van der Waals surface area (Å²) >= 11 is 0. The normalized spacial score (nSPS) is 22.2. The van der Waals surface area contributed by atoms with Crippen LogP contribution in [0.3, 0.4) is 0 Å². The van der Waals surface area contributed by atoms with Crippen LogP contribution < -0.4 is 10.6 Å². The highest BCUT2D eigenvalue weighted by Crippen LogP contribution is 2.23. The maximum atomic E-state index is 11.8. The smallest absolute Gasteiger partial charge is 0.286 e. The highest BCUT2D eigenvalue weighted by Gasteiger charge is 2.19. The molecule has 20 heavy (non-hydrogen) atoms. The second-order valence-corrected chi connectivity index (χ2v) is 5.51. The minimum absolute atomic E-state index is 0.00398. The van der Waals surface area contributed by atoms with Gasteiger partial charge in [0, 0.05) is 19.0 Å².